The van der Waals surface area contributed by atoms with E-state index in [1.54, 1.807) is 7.11 Å². The number of hydrogen-bond donors (Lipinski definition) is 0. The number of methoxy groups -OCH3 is 1. The van der Waals surface area contributed by atoms with E-state index in [4.69, 9.17) is 16.3 Å². The molecule has 4 heteroatoms. The topological polar surface area (TPSA) is 12.5 Å². The van der Waals surface area contributed by atoms with Crippen molar-refractivity contribution in [2.45, 2.75) is 13.5 Å². The lowest BCUT2D eigenvalue weighted by molar-refractivity contribution is 0.291. The molecule has 0 heterocycles. The van der Waals surface area contributed by atoms with Crippen LogP contribution < -0.4 is 4.74 Å². The fourth-order valence-corrected chi connectivity index (χ4v) is 2.23. The van der Waals surface area contributed by atoms with E-state index >= 15 is 0 Å². The van der Waals surface area contributed by atoms with Gasteiger partial charge in [0.25, 0.3) is 0 Å². The van der Waals surface area contributed by atoms with Crippen molar-refractivity contribution in [1.29, 1.82) is 0 Å². The van der Waals surface area contributed by atoms with Gasteiger partial charge in [-0.25, -0.2) is 0 Å². The normalized spacial score (nSPS) is 10.8. The molecule has 0 amide bonds. The second-order valence-corrected chi connectivity index (χ2v) is 4.81. The zero-order valence-corrected chi connectivity index (χ0v) is 12.0. The summed E-state index contributed by atoms with van der Waals surface area (Å²) in [6.45, 7) is 4.89. The summed E-state index contributed by atoms with van der Waals surface area (Å²) in [6.07, 6.45) is 0. The average molecular weight is 307 g/mol. The average Bonchev–Trinajstić information content (AvgIpc) is 2.29. The fraction of sp³-hybridized carbons (Fsp3) is 0.500. The first-order chi connectivity index (χ1) is 7.71. The number of rotatable bonds is 6. The largest absolute Gasteiger partial charge is 0.496 e. The molecule has 0 spiro atoms. The summed E-state index contributed by atoms with van der Waals surface area (Å²) in [7, 11) is 1.70. The second kappa shape index (κ2) is 7.15. The van der Waals surface area contributed by atoms with Gasteiger partial charge in [-0.2, -0.15) is 0 Å². The van der Waals surface area contributed by atoms with Crippen LogP contribution in [0.15, 0.2) is 22.7 Å². The SMILES string of the molecule is CCN(CCCl)Cc1cc(Br)ccc1OC. The van der Waals surface area contributed by atoms with Gasteiger partial charge in [0.15, 0.2) is 0 Å². The van der Waals surface area contributed by atoms with Crippen molar-refractivity contribution in [2.75, 3.05) is 26.1 Å². The van der Waals surface area contributed by atoms with Gasteiger partial charge in [-0.15, -0.1) is 11.6 Å². The standard InChI is InChI=1S/C12H17BrClNO/c1-3-15(7-6-14)9-10-8-11(13)4-5-12(10)16-2/h4-5,8H,3,6-7,9H2,1-2H3. The first kappa shape index (κ1) is 13.8. The molecule has 0 aliphatic heterocycles. The van der Waals surface area contributed by atoms with Gasteiger partial charge in [0, 0.05) is 29.0 Å². The molecule has 1 aromatic rings. The van der Waals surface area contributed by atoms with Crippen molar-refractivity contribution >= 4 is 27.5 Å². The molecule has 0 fully saturated rings. The molecule has 0 saturated heterocycles. The van der Waals surface area contributed by atoms with Crippen LogP contribution in [-0.2, 0) is 6.54 Å². The van der Waals surface area contributed by atoms with Gasteiger partial charge < -0.3 is 4.74 Å². The van der Waals surface area contributed by atoms with Crippen LogP contribution in [0.4, 0.5) is 0 Å². The third-order valence-corrected chi connectivity index (χ3v) is 3.15. The van der Waals surface area contributed by atoms with E-state index in [-0.39, 0.29) is 0 Å². The monoisotopic (exact) mass is 305 g/mol. The minimum Gasteiger partial charge on any atom is -0.496 e. The molecule has 0 bridgehead atoms. The highest BCUT2D eigenvalue weighted by Gasteiger charge is 2.08. The zero-order valence-electron chi connectivity index (χ0n) is 9.67. The molecule has 0 aliphatic rings. The highest BCUT2D eigenvalue weighted by Crippen LogP contribution is 2.24. The highest BCUT2D eigenvalue weighted by molar-refractivity contribution is 9.10. The third-order valence-electron chi connectivity index (χ3n) is 2.48. The maximum Gasteiger partial charge on any atom is 0.123 e. The van der Waals surface area contributed by atoms with Crippen LogP contribution in [0.3, 0.4) is 0 Å². The molecule has 1 rings (SSSR count). The van der Waals surface area contributed by atoms with Crippen molar-refractivity contribution in [3.8, 4) is 5.75 Å². The van der Waals surface area contributed by atoms with E-state index in [9.17, 15) is 0 Å². The second-order valence-electron chi connectivity index (χ2n) is 3.51. The molecule has 0 aliphatic carbocycles. The summed E-state index contributed by atoms with van der Waals surface area (Å²) in [4.78, 5) is 2.29. The van der Waals surface area contributed by atoms with Crippen molar-refractivity contribution in [3.63, 3.8) is 0 Å². The summed E-state index contributed by atoms with van der Waals surface area (Å²) in [5.74, 6) is 1.58. The number of nitrogens with zero attached hydrogens (tertiary/aromatic N) is 1. The van der Waals surface area contributed by atoms with Crippen molar-refractivity contribution in [1.82, 2.24) is 4.90 Å². The Kier molecular flexibility index (Phi) is 6.17. The smallest absolute Gasteiger partial charge is 0.123 e. The number of halogens is 2. The molecule has 90 valence electrons. The van der Waals surface area contributed by atoms with Crippen LogP contribution in [0.25, 0.3) is 0 Å². The van der Waals surface area contributed by atoms with Crippen LogP contribution in [-0.4, -0.2) is 31.0 Å². The highest BCUT2D eigenvalue weighted by atomic mass is 79.9. The van der Waals surface area contributed by atoms with Gasteiger partial charge in [-0.05, 0) is 24.7 Å². The Morgan fingerprint density at radius 1 is 1.44 bits per heavy atom. The summed E-state index contributed by atoms with van der Waals surface area (Å²) in [6, 6.07) is 6.06. The van der Waals surface area contributed by atoms with Crippen LogP contribution in [0.2, 0.25) is 0 Å². The first-order valence-electron chi connectivity index (χ1n) is 5.32. The Bertz CT molecular complexity index is 333. The van der Waals surface area contributed by atoms with Crippen LogP contribution >= 0.6 is 27.5 Å². The molecule has 16 heavy (non-hydrogen) atoms. The molecular formula is C12H17BrClNO. The van der Waals surface area contributed by atoms with Gasteiger partial charge in [-0.1, -0.05) is 22.9 Å². The predicted molar refractivity (Wildman–Crippen MR) is 72.4 cm³/mol. The van der Waals surface area contributed by atoms with E-state index in [2.05, 4.69) is 33.8 Å². The lowest BCUT2D eigenvalue weighted by Crippen LogP contribution is -2.25. The van der Waals surface area contributed by atoms with Gasteiger partial charge in [0.1, 0.15) is 5.75 Å². The summed E-state index contributed by atoms with van der Waals surface area (Å²) in [5, 5.41) is 0. The fourth-order valence-electron chi connectivity index (χ4n) is 1.58. The number of ether oxygens (including phenoxy) is 1. The van der Waals surface area contributed by atoms with Gasteiger partial charge in [0.2, 0.25) is 0 Å². The minimum absolute atomic E-state index is 0.657. The number of benzene rings is 1. The lowest BCUT2D eigenvalue weighted by Gasteiger charge is -2.20. The maximum absolute atomic E-state index is 5.76. The predicted octanol–water partition coefficient (Wildman–Crippen LogP) is 3.52. The molecule has 0 unspecified atom stereocenters. The van der Waals surface area contributed by atoms with E-state index in [0.717, 1.165) is 29.9 Å². The molecule has 0 N–H and O–H groups in total. The van der Waals surface area contributed by atoms with Crippen LogP contribution in [0.5, 0.6) is 5.75 Å². The van der Waals surface area contributed by atoms with Crippen molar-refractivity contribution in [2.24, 2.45) is 0 Å². The molecular weight excluding hydrogens is 289 g/mol. The molecule has 2 nitrogen and oxygen atoms in total. The maximum atomic E-state index is 5.76. The Labute approximate surface area is 111 Å². The summed E-state index contributed by atoms with van der Waals surface area (Å²) < 4.78 is 6.42. The molecule has 1 aromatic carbocycles. The van der Waals surface area contributed by atoms with E-state index in [1.165, 1.54) is 5.56 Å². The molecule has 0 saturated carbocycles. The van der Waals surface area contributed by atoms with Crippen LogP contribution in [0, 0.1) is 0 Å². The Balaban J connectivity index is 2.80. The molecule has 0 aromatic heterocycles. The van der Waals surface area contributed by atoms with E-state index in [0.29, 0.717) is 5.88 Å². The van der Waals surface area contributed by atoms with E-state index in [1.807, 2.05) is 12.1 Å². The summed E-state index contributed by atoms with van der Waals surface area (Å²) in [5.41, 5.74) is 1.18. The van der Waals surface area contributed by atoms with Crippen LogP contribution in [0.1, 0.15) is 12.5 Å². The van der Waals surface area contributed by atoms with Gasteiger partial charge >= 0.3 is 0 Å². The summed E-state index contributed by atoms with van der Waals surface area (Å²) >= 11 is 9.24. The first-order valence-corrected chi connectivity index (χ1v) is 6.64. The zero-order chi connectivity index (χ0) is 12.0. The molecule has 0 atom stereocenters. The molecule has 0 radical (unpaired) electrons. The third kappa shape index (κ3) is 3.96. The lowest BCUT2D eigenvalue weighted by atomic mass is 10.2. The van der Waals surface area contributed by atoms with Crippen molar-refractivity contribution in [3.05, 3.63) is 28.2 Å². The van der Waals surface area contributed by atoms with E-state index < -0.39 is 0 Å². The van der Waals surface area contributed by atoms with Gasteiger partial charge in [0.05, 0.1) is 7.11 Å². The minimum atomic E-state index is 0.657. The Hall–Kier alpha value is -0.250. The van der Waals surface area contributed by atoms with Gasteiger partial charge in [-0.3, -0.25) is 4.90 Å². The number of alkyl halides is 1. The Morgan fingerprint density at radius 2 is 2.19 bits per heavy atom. The number of hydrogen-bond acceptors (Lipinski definition) is 2. The van der Waals surface area contributed by atoms with Crippen molar-refractivity contribution < 1.29 is 4.74 Å². The quantitative estimate of drug-likeness (QED) is 0.746. The Morgan fingerprint density at radius 3 is 2.75 bits per heavy atom.